The summed E-state index contributed by atoms with van der Waals surface area (Å²) in [7, 11) is 0. The van der Waals surface area contributed by atoms with Crippen molar-refractivity contribution >= 4 is 35.3 Å². The van der Waals surface area contributed by atoms with Gasteiger partial charge in [0.2, 0.25) is 0 Å². The predicted octanol–water partition coefficient (Wildman–Crippen LogP) is 4.30. The van der Waals surface area contributed by atoms with Crippen LogP contribution in [0.3, 0.4) is 0 Å². The Morgan fingerprint density at radius 2 is 1.08 bits per heavy atom. The monoisotopic (exact) mass is 400 g/mol. The van der Waals surface area contributed by atoms with E-state index >= 15 is 0 Å². The van der Waals surface area contributed by atoms with Crippen LogP contribution in [0.5, 0.6) is 0 Å². The summed E-state index contributed by atoms with van der Waals surface area (Å²) < 4.78 is 11.5. The Bertz CT molecular complexity index is 119. The standard InChI is InChI=1S/C8H18I2O2/c1-7(2,3)11-10(9)12-8(4,5)6/h1-6H3. The molecular formula is C8H18I2O2. The normalized spacial score (nSPS) is 14.8. The SMILES string of the molecule is CC(C)(C)OI(I)OC(C)(C)C. The second-order valence-corrected chi connectivity index (χ2v) is 10.9. The number of halogens is 2. The second kappa shape index (κ2) is 4.75. The molecule has 0 N–H and O–H groups in total. The Balaban J connectivity index is 3.83. The molecule has 12 heavy (non-hydrogen) atoms. The van der Waals surface area contributed by atoms with Crippen LogP contribution in [0.4, 0.5) is 0 Å². The van der Waals surface area contributed by atoms with Gasteiger partial charge in [-0.15, -0.1) is 0 Å². The quantitative estimate of drug-likeness (QED) is 0.644. The number of rotatable bonds is 2. The van der Waals surface area contributed by atoms with Gasteiger partial charge in [-0.05, 0) is 0 Å². The third kappa shape index (κ3) is 9.47. The molecule has 0 amide bonds. The fourth-order valence-corrected chi connectivity index (χ4v) is 9.25. The summed E-state index contributed by atoms with van der Waals surface area (Å²) in [5.74, 6) is 0. The second-order valence-electron chi connectivity index (χ2n) is 4.56. The van der Waals surface area contributed by atoms with E-state index < -0.39 is 16.7 Å². The first-order valence-electron chi connectivity index (χ1n) is 3.86. The summed E-state index contributed by atoms with van der Waals surface area (Å²) in [6.07, 6.45) is 0. The summed E-state index contributed by atoms with van der Waals surface area (Å²) in [5.41, 5.74) is -0.144. The van der Waals surface area contributed by atoms with Gasteiger partial charge in [0, 0.05) is 0 Å². The van der Waals surface area contributed by atoms with E-state index in [1.165, 1.54) is 0 Å². The topological polar surface area (TPSA) is 18.5 Å². The molecule has 0 saturated carbocycles. The van der Waals surface area contributed by atoms with E-state index in [9.17, 15) is 0 Å². The molecule has 0 aromatic heterocycles. The van der Waals surface area contributed by atoms with Crippen molar-refractivity contribution in [2.75, 3.05) is 0 Å². The van der Waals surface area contributed by atoms with Crippen LogP contribution in [0.1, 0.15) is 41.5 Å². The molecule has 0 aromatic carbocycles. The molecule has 76 valence electrons. The maximum absolute atomic E-state index is 5.73. The van der Waals surface area contributed by atoms with Gasteiger partial charge >= 0.3 is 94.2 Å². The fraction of sp³-hybridized carbons (Fsp3) is 1.00. The van der Waals surface area contributed by atoms with Gasteiger partial charge in [-0.1, -0.05) is 0 Å². The number of hydrogen-bond acceptors (Lipinski definition) is 2. The minimum absolute atomic E-state index is 0.0721. The Labute approximate surface area is 93.4 Å². The third-order valence-corrected chi connectivity index (χ3v) is 6.15. The fourth-order valence-electron chi connectivity index (χ4n) is 0.380. The predicted molar refractivity (Wildman–Crippen MR) is 69.7 cm³/mol. The maximum atomic E-state index is 5.73. The summed E-state index contributed by atoms with van der Waals surface area (Å²) in [4.78, 5) is 0. The van der Waals surface area contributed by atoms with E-state index in [0.717, 1.165) is 0 Å². The summed E-state index contributed by atoms with van der Waals surface area (Å²) in [5, 5.41) is 0. The summed E-state index contributed by atoms with van der Waals surface area (Å²) in [6.45, 7) is 12.3. The molecule has 0 fully saturated rings. The molecule has 0 saturated heterocycles. The van der Waals surface area contributed by atoms with Crippen LogP contribution in [0, 0.1) is 0 Å². The van der Waals surface area contributed by atoms with Crippen LogP contribution in [-0.2, 0) is 6.13 Å². The van der Waals surface area contributed by atoms with Crippen LogP contribution in [0.15, 0.2) is 0 Å². The Morgan fingerprint density at radius 3 is 1.25 bits per heavy atom. The first-order chi connectivity index (χ1) is 5.10. The van der Waals surface area contributed by atoms with E-state index in [2.05, 4.69) is 60.2 Å². The van der Waals surface area contributed by atoms with Gasteiger partial charge in [-0.2, -0.15) is 0 Å². The molecule has 0 aromatic rings. The molecule has 0 bridgehead atoms. The molecule has 0 rings (SSSR count). The van der Waals surface area contributed by atoms with Crippen LogP contribution in [0.2, 0.25) is 0 Å². The average Bonchev–Trinajstić information content (AvgIpc) is 1.49. The zero-order valence-electron chi connectivity index (χ0n) is 8.57. The van der Waals surface area contributed by atoms with Gasteiger partial charge in [0.05, 0.1) is 0 Å². The molecular weight excluding hydrogens is 382 g/mol. The van der Waals surface area contributed by atoms with Crippen molar-refractivity contribution in [3.63, 3.8) is 0 Å². The van der Waals surface area contributed by atoms with E-state index in [0.29, 0.717) is 0 Å². The van der Waals surface area contributed by atoms with E-state index in [1.807, 2.05) is 0 Å². The molecule has 2 nitrogen and oxygen atoms in total. The van der Waals surface area contributed by atoms with Crippen LogP contribution in [-0.4, -0.2) is 11.2 Å². The molecule has 0 heterocycles. The van der Waals surface area contributed by atoms with Crippen LogP contribution < -0.4 is 0 Å². The third-order valence-electron chi connectivity index (χ3n) is 0.584. The summed E-state index contributed by atoms with van der Waals surface area (Å²) >= 11 is 0.655. The molecule has 0 atom stereocenters. The molecule has 0 radical (unpaired) electrons. The zero-order valence-corrected chi connectivity index (χ0v) is 12.9. The van der Waals surface area contributed by atoms with Crippen molar-refractivity contribution in [3.05, 3.63) is 0 Å². The van der Waals surface area contributed by atoms with E-state index in [4.69, 9.17) is 6.13 Å². The van der Waals surface area contributed by atoms with Crippen molar-refractivity contribution in [1.82, 2.24) is 0 Å². The molecule has 4 heteroatoms. The molecule has 0 aliphatic rings. The van der Waals surface area contributed by atoms with Gasteiger partial charge in [0.1, 0.15) is 0 Å². The first kappa shape index (κ1) is 13.4. The van der Waals surface area contributed by atoms with Crippen LogP contribution in [0.25, 0.3) is 0 Å². The van der Waals surface area contributed by atoms with Crippen molar-refractivity contribution in [3.8, 4) is 0 Å². The minimum atomic E-state index is -1.65. The van der Waals surface area contributed by atoms with Crippen molar-refractivity contribution < 1.29 is 6.13 Å². The van der Waals surface area contributed by atoms with Crippen LogP contribution >= 0.6 is 35.3 Å². The van der Waals surface area contributed by atoms with Gasteiger partial charge in [-0.25, -0.2) is 0 Å². The molecule has 0 aliphatic carbocycles. The molecule has 0 aliphatic heterocycles. The molecule has 0 unspecified atom stereocenters. The van der Waals surface area contributed by atoms with Crippen molar-refractivity contribution in [1.29, 1.82) is 0 Å². The van der Waals surface area contributed by atoms with E-state index in [1.54, 1.807) is 0 Å². The van der Waals surface area contributed by atoms with Crippen molar-refractivity contribution in [2.45, 2.75) is 52.7 Å². The zero-order chi connectivity index (χ0) is 9.99. The van der Waals surface area contributed by atoms with Gasteiger partial charge in [0.25, 0.3) is 0 Å². The molecule has 0 spiro atoms. The van der Waals surface area contributed by atoms with Crippen molar-refractivity contribution in [2.24, 2.45) is 0 Å². The number of hydrogen-bond donors (Lipinski definition) is 0. The van der Waals surface area contributed by atoms with Gasteiger partial charge in [0.15, 0.2) is 0 Å². The Kier molecular flexibility index (Phi) is 5.29. The van der Waals surface area contributed by atoms with Gasteiger partial charge in [-0.3, -0.25) is 0 Å². The Morgan fingerprint density at radius 1 is 0.833 bits per heavy atom. The first-order valence-corrected chi connectivity index (χ1v) is 11.9. The Hall–Kier alpha value is 1.38. The van der Waals surface area contributed by atoms with Gasteiger partial charge < -0.3 is 0 Å². The average molecular weight is 400 g/mol. The van der Waals surface area contributed by atoms with E-state index in [-0.39, 0.29) is 11.2 Å². The summed E-state index contributed by atoms with van der Waals surface area (Å²) in [6, 6.07) is 0.